The number of fused-ring (bicyclic) bond motifs is 1. The van der Waals surface area contributed by atoms with Crippen molar-refractivity contribution in [3.63, 3.8) is 0 Å². The Hall–Kier alpha value is -4.01. The molecule has 0 spiro atoms. The lowest BCUT2D eigenvalue weighted by Gasteiger charge is -2.29. The SMILES string of the molecule is CCOc1cc(C2C(C(=O)Nc3cccc(C)c3)=C(C)Nc3ncnn32)ccc1OCc1ccc(Cl)cc1Cl. The van der Waals surface area contributed by atoms with E-state index in [1.54, 1.807) is 16.8 Å². The quantitative estimate of drug-likeness (QED) is 0.245. The van der Waals surface area contributed by atoms with Crippen molar-refractivity contribution in [2.75, 3.05) is 17.2 Å². The van der Waals surface area contributed by atoms with E-state index in [9.17, 15) is 4.79 Å². The molecule has 0 saturated heterocycles. The van der Waals surface area contributed by atoms with Gasteiger partial charge in [-0.25, -0.2) is 4.68 Å². The van der Waals surface area contributed by atoms with Crippen LogP contribution in [0.4, 0.5) is 11.6 Å². The molecule has 0 aliphatic carbocycles. The first-order valence-electron chi connectivity index (χ1n) is 12.4. The lowest BCUT2D eigenvalue weighted by molar-refractivity contribution is -0.113. The van der Waals surface area contributed by atoms with Gasteiger partial charge in [0.1, 0.15) is 19.0 Å². The smallest absolute Gasteiger partial charge is 0.255 e. The van der Waals surface area contributed by atoms with Gasteiger partial charge in [-0.3, -0.25) is 4.79 Å². The van der Waals surface area contributed by atoms with Gasteiger partial charge in [0.15, 0.2) is 11.5 Å². The van der Waals surface area contributed by atoms with Gasteiger partial charge in [0.05, 0.1) is 12.2 Å². The second-order valence-corrected chi connectivity index (χ2v) is 9.93. The highest BCUT2D eigenvalue weighted by Crippen LogP contribution is 2.39. The molecule has 0 saturated carbocycles. The Bertz CT molecular complexity index is 1570. The first-order chi connectivity index (χ1) is 18.8. The minimum Gasteiger partial charge on any atom is -0.490 e. The molecule has 1 unspecified atom stereocenters. The van der Waals surface area contributed by atoms with Gasteiger partial charge in [-0.05, 0) is 68.3 Å². The molecule has 1 aliphatic heterocycles. The molecular formula is C29H27Cl2N5O3. The Kier molecular flexibility index (Phi) is 7.77. The Morgan fingerprint density at radius 2 is 1.90 bits per heavy atom. The van der Waals surface area contributed by atoms with E-state index in [4.69, 9.17) is 32.7 Å². The van der Waals surface area contributed by atoms with Crippen molar-refractivity contribution in [2.45, 2.75) is 33.4 Å². The van der Waals surface area contributed by atoms with E-state index in [2.05, 4.69) is 20.7 Å². The molecule has 1 amide bonds. The zero-order valence-corrected chi connectivity index (χ0v) is 23.2. The predicted octanol–water partition coefficient (Wildman–Crippen LogP) is 6.80. The fourth-order valence-electron chi connectivity index (χ4n) is 4.49. The second kappa shape index (κ2) is 11.4. The fourth-order valence-corrected chi connectivity index (χ4v) is 4.95. The maximum absolute atomic E-state index is 13.6. The van der Waals surface area contributed by atoms with Gasteiger partial charge in [0.25, 0.3) is 5.91 Å². The fraction of sp³-hybridized carbons (Fsp3) is 0.207. The van der Waals surface area contributed by atoms with Crippen LogP contribution in [-0.2, 0) is 11.4 Å². The van der Waals surface area contributed by atoms with Gasteiger partial charge in [-0.2, -0.15) is 10.1 Å². The van der Waals surface area contributed by atoms with Crippen LogP contribution < -0.4 is 20.1 Å². The summed E-state index contributed by atoms with van der Waals surface area (Å²) in [7, 11) is 0. The van der Waals surface area contributed by atoms with Gasteiger partial charge in [0, 0.05) is 27.0 Å². The largest absolute Gasteiger partial charge is 0.490 e. The van der Waals surface area contributed by atoms with E-state index < -0.39 is 6.04 Å². The van der Waals surface area contributed by atoms with Gasteiger partial charge < -0.3 is 20.1 Å². The number of benzene rings is 3. The van der Waals surface area contributed by atoms with E-state index in [1.165, 1.54) is 6.33 Å². The number of amides is 1. The number of allylic oxidation sites excluding steroid dienone is 1. The van der Waals surface area contributed by atoms with Crippen LogP contribution in [0.2, 0.25) is 10.0 Å². The molecule has 4 aromatic rings. The number of carbonyl (C=O) groups is 1. The van der Waals surface area contributed by atoms with E-state index in [0.29, 0.717) is 51.1 Å². The maximum atomic E-state index is 13.6. The van der Waals surface area contributed by atoms with E-state index >= 15 is 0 Å². The Morgan fingerprint density at radius 1 is 1.05 bits per heavy atom. The highest BCUT2D eigenvalue weighted by molar-refractivity contribution is 6.35. The summed E-state index contributed by atoms with van der Waals surface area (Å²) in [6.45, 7) is 6.40. The number of anilines is 2. The van der Waals surface area contributed by atoms with Crippen molar-refractivity contribution in [2.24, 2.45) is 0 Å². The first-order valence-corrected chi connectivity index (χ1v) is 13.2. The summed E-state index contributed by atoms with van der Waals surface area (Å²) in [6.07, 6.45) is 1.46. The number of aryl methyl sites for hydroxylation is 1. The minimum absolute atomic E-state index is 0.235. The third-order valence-corrected chi connectivity index (χ3v) is 6.88. The molecule has 0 radical (unpaired) electrons. The van der Waals surface area contributed by atoms with Crippen molar-refractivity contribution < 1.29 is 14.3 Å². The molecule has 1 aromatic heterocycles. The topological polar surface area (TPSA) is 90.3 Å². The highest BCUT2D eigenvalue weighted by Gasteiger charge is 2.34. The van der Waals surface area contributed by atoms with Crippen molar-refractivity contribution in [3.8, 4) is 11.5 Å². The molecular weight excluding hydrogens is 537 g/mol. The van der Waals surface area contributed by atoms with Gasteiger partial charge in [-0.15, -0.1) is 0 Å². The summed E-state index contributed by atoms with van der Waals surface area (Å²) in [4.78, 5) is 18.0. The third-order valence-electron chi connectivity index (χ3n) is 6.30. The normalized spacial score (nSPS) is 14.4. The number of rotatable bonds is 8. The van der Waals surface area contributed by atoms with Crippen LogP contribution in [-0.4, -0.2) is 27.3 Å². The summed E-state index contributed by atoms with van der Waals surface area (Å²) in [5.41, 5.74) is 4.54. The predicted molar refractivity (Wildman–Crippen MR) is 153 cm³/mol. The van der Waals surface area contributed by atoms with Crippen LogP contribution in [0.1, 0.15) is 36.6 Å². The van der Waals surface area contributed by atoms with Gasteiger partial charge in [-0.1, -0.05) is 47.5 Å². The molecule has 2 heterocycles. The molecule has 0 fully saturated rings. The zero-order valence-electron chi connectivity index (χ0n) is 21.7. The lowest BCUT2D eigenvalue weighted by Crippen LogP contribution is -2.31. The van der Waals surface area contributed by atoms with Crippen LogP contribution in [0.3, 0.4) is 0 Å². The molecule has 39 heavy (non-hydrogen) atoms. The van der Waals surface area contributed by atoms with E-state index in [0.717, 1.165) is 16.7 Å². The number of hydrogen-bond acceptors (Lipinski definition) is 6. The molecule has 2 N–H and O–H groups in total. The Labute approximate surface area is 236 Å². The number of hydrogen-bond donors (Lipinski definition) is 2. The van der Waals surface area contributed by atoms with Crippen LogP contribution in [0.25, 0.3) is 0 Å². The molecule has 3 aromatic carbocycles. The van der Waals surface area contributed by atoms with Crippen molar-refractivity contribution in [1.82, 2.24) is 14.8 Å². The zero-order chi connectivity index (χ0) is 27.5. The van der Waals surface area contributed by atoms with Crippen LogP contribution in [0, 0.1) is 6.92 Å². The van der Waals surface area contributed by atoms with Gasteiger partial charge in [0.2, 0.25) is 5.95 Å². The van der Waals surface area contributed by atoms with E-state index in [-0.39, 0.29) is 12.5 Å². The molecule has 10 heteroatoms. The second-order valence-electron chi connectivity index (χ2n) is 9.08. The Morgan fingerprint density at radius 3 is 2.67 bits per heavy atom. The highest BCUT2D eigenvalue weighted by atomic mass is 35.5. The summed E-state index contributed by atoms with van der Waals surface area (Å²) >= 11 is 12.3. The molecule has 8 nitrogen and oxygen atoms in total. The van der Waals surface area contributed by atoms with Crippen molar-refractivity contribution >= 4 is 40.7 Å². The third kappa shape index (κ3) is 5.72. The van der Waals surface area contributed by atoms with Gasteiger partial charge >= 0.3 is 0 Å². The number of aromatic nitrogens is 3. The average molecular weight is 564 g/mol. The van der Waals surface area contributed by atoms with Crippen LogP contribution in [0.15, 0.2) is 78.3 Å². The summed E-state index contributed by atoms with van der Waals surface area (Å²) in [5, 5.41) is 11.7. The number of halogens is 2. The molecule has 1 atom stereocenters. The van der Waals surface area contributed by atoms with Crippen LogP contribution >= 0.6 is 23.2 Å². The molecule has 1 aliphatic rings. The summed E-state index contributed by atoms with van der Waals surface area (Å²) < 4.78 is 13.7. The van der Waals surface area contributed by atoms with E-state index in [1.807, 2.05) is 69.3 Å². The standard InChI is InChI=1S/C29H27Cl2N5O3/c1-4-38-25-13-19(9-11-24(25)39-15-20-8-10-21(30)14-23(20)31)27-26(18(3)34-29-32-16-33-36(27)29)28(37)35-22-7-5-6-17(2)12-22/h5-14,16,27H,4,15H2,1-3H3,(H,35,37)(H,32,33,34). The molecule has 0 bridgehead atoms. The number of carbonyl (C=O) groups excluding carboxylic acids is 1. The number of ether oxygens (including phenoxy) is 2. The summed E-state index contributed by atoms with van der Waals surface area (Å²) in [6, 6.07) is 18.0. The van der Waals surface area contributed by atoms with Crippen molar-refractivity contribution in [1.29, 1.82) is 0 Å². The monoisotopic (exact) mass is 563 g/mol. The maximum Gasteiger partial charge on any atom is 0.255 e. The average Bonchev–Trinajstić information content (AvgIpc) is 3.36. The first kappa shape index (κ1) is 26.6. The van der Waals surface area contributed by atoms with Crippen molar-refractivity contribution in [3.05, 3.63) is 105 Å². The van der Waals surface area contributed by atoms with Crippen LogP contribution in [0.5, 0.6) is 11.5 Å². The lowest BCUT2D eigenvalue weighted by atomic mass is 9.94. The molecule has 5 rings (SSSR count). The number of nitrogens with one attached hydrogen (secondary N) is 2. The summed E-state index contributed by atoms with van der Waals surface area (Å²) in [5.74, 6) is 1.38. The minimum atomic E-state index is -0.549. The Balaban J connectivity index is 1.49. The molecule has 200 valence electrons. The number of nitrogens with zero attached hydrogens (tertiary/aromatic N) is 3.